The molecule has 1 aliphatic heterocycles. The molecule has 1 N–H and O–H groups in total. The zero-order chi connectivity index (χ0) is 21.4. The van der Waals surface area contributed by atoms with E-state index in [4.69, 9.17) is 9.51 Å². The third kappa shape index (κ3) is 3.38. The predicted octanol–water partition coefficient (Wildman–Crippen LogP) is 2.44. The molecule has 4 aromatic rings. The Morgan fingerprint density at radius 1 is 1.13 bits per heavy atom. The molecule has 1 saturated heterocycles. The number of para-hydroxylation sites is 2. The molecule has 2 aromatic carbocycles. The highest BCUT2D eigenvalue weighted by molar-refractivity contribution is 5.86. The average molecular weight is 418 g/mol. The number of carbonyl (C=O) groups is 1. The Balaban J connectivity index is 1.51. The summed E-state index contributed by atoms with van der Waals surface area (Å²) in [7, 11) is 0. The number of amides is 1. The molecule has 3 heterocycles. The van der Waals surface area contributed by atoms with Gasteiger partial charge < -0.3 is 14.5 Å². The van der Waals surface area contributed by atoms with Gasteiger partial charge >= 0.3 is 0 Å². The van der Waals surface area contributed by atoms with Crippen LogP contribution < -0.4 is 5.56 Å². The highest BCUT2D eigenvalue weighted by Crippen LogP contribution is 2.32. The molecule has 0 aliphatic carbocycles. The van der Waals surface area contributed by atoms with Crippen LogP contribution in [0.2, 0.25) is 0 Å². The highest BCUT2D eigenvalue weighted by Gasteiger charge is 2.34. The molecule has 0 spiro atoms. The van der Waals surface area contributed by atoms with Crippen molar-refractivity contribution in [3.05, 3.63) is 70.4 Å². The molecule has 5 rings (SSSR count). The first kappa shape index (κ1) is 19.4. The second-order valence-electron chi connectivity index (χ2n) is 7.71. The van der Waals surface area contributed by atoms with Gasteiger partial charge in [-0.05, 0) is 37.1 Å². The number of carbonyl (C=O) groups excluding carboxylic acids is 1. The van der Waals surface area contributed by atoms with Crippen molar-refractivity contribution >= 4 is 27.8 Å². The Bertz CT molecular complexity index is 1330. The number of hydrogen-bond acceptors (Lipinski definition) is 6. The van der Waals surface area contributed by atoms with Crippen molar-refractivity contribution in [3.8, 4) is 0 Å². The van der Waals surface area contributed by atoms with Gasteiger partial charge in [0.1, 0.15) is 11.5 Å². The fourth-order valence-electron chi connectivity index (χ4n) is 4.40. The lowest BCUT2D eigenvalue weighted by Crippen LogP contribution is -2.36. The van der Waals surface area contributed by atoms with E-state index in [2.05, 4.69) is 5.16 Å². The zero-order valence-corrected chi connectivity index (χ0v) is 16.9. The Morgan fingerprint density at radius 3 is 2.74 bits per heavy atom. The van der Waals surface area contributed by atoms with Crippen LogP contribution in [0, 0.1) is 0 Å². The molecule has 1 unspecified atom stereocenters. The number of aliphatic hydroxyl groups is 1. The van der Waals surface area contributed by atoms with E-state index in [1.165, 1.54) is 4.57 Å². The summed E-state index contributed by atoms with van der Waals surface area (Å²) in [5.74, 6) is 0.438. The van der Waals surface area contributed by atoms with Crippen molar-refractivity contribution in [2.75, 3.05) is 13.2 Å². The summed E-state index contributed by atoms with van der Waals surface area (Å²) >= 11 is 0. The van der Waals surface area contributed by atoms with Crippen LogP contribution in [0.1, 0.15) is 30.4 Å². The number of fused-ring (bicyclic) bond motifs is 2. The zero-order valence-electron chi connectivity index (χ0n) is 16.9. The number of aromatic nitrogens is 3. The van der Waals surface area contributed by atoms with Crippen LogP contribution in [-0.4, -0.2) is 43.8 Å². The molecule has 1 fully saturated rings. The molecule has 158 valence electrons. The van der Waals surface area contributed by atoms with Gasteiger partial charge in [-0.3, -0.25) is 14.2 Å². The maximum Gasteiger partial charge on any atom is 0.261 e. The summed E-state index contributed by atoms with van der Waals surface area (Å²) in [5, 5.41) is 15.0. The quantitative estimate of drug-likeness (QED) is 0.534. The van der Waals surface area contributed by atoms with Gasteiger partial charge in [0.15, 0.2) is 5.58 Å². The Kier molecular flexibility index (Phi) is 4.99. The number of nitrogens with zero attached hydrogens (tertiary/aromatic N) is 4. The Morgan fingerprint density at radius 2 is 1.90 bits per heavy atom. The minimum absolute atomic E-state index is 0.0838. The first-order chi connectivity index (χ1) is 15.2. The van der Waals surface area contributed by atoms with Gasteiger partial charge in [0.2, 0.25) is 5.91 Å². The van der Waals surface area contributed by atoms with E-state index >= 15 is 0 Å². The summed E-state index contributed by atoms with van der Waals surface area (Å²) in [6, 6.07) is 14.3. The van der Waals surface area contributed by atoms with E-state index in [9.17, 15) is 14.7 Å². The molecule has 8 heteroatoms. The lowest BCUT2D eigenvalue weighted by atomic mass is 10.1. The van der Waals surface area contributed by atoms with Crippen LogP contribution in [0.15, 0.2) is 57.8 Å². The predicted molar refractivity (Wildman–Crippen MR) is 114 cm³/mol. The van der Waals surface area contributed by atoms with Crippen molar-refractivity contribution in [3.63, 3.8) is 0 Å². The van der Waals surface area contributed by atoms with E-state index in [0.29, 0.717) is 41.0 Å². The molecule has 1 amide bonds. The number of likely N-dealkylation sites (tertiary alicyclic amines) is 1. The largest absolute Gasteiger partial charge is 0.395 e. The molecule has 0 radical (unpaired) electrons. The maximum absolute atomic E-state index is 13.2. The molecule has 1 aliphatic rings. The van der Waals surface area contributed by atoms with Crippen LogP contribution >= 0.6 is 0 Å². The molecular formula is C23H22N4O4. The van der Waals surface area contributed by atoms with Gasteiger partial charge in [0.25, 0.3) is 5.56 Å². The van der Waals surface area contributed by atoms with Crippen LogP contribution in [0.3, 0.4) is 0 Å². The summed E-state index contributed by atoms with van der Waals surface area (Å²) in [6.07, 6.45) is 1.64. The van der Waals surface area contributed by atoms with E-state index < -0.39 is 0 Å². The minimum atomic E-state index is -0.325. The van der Waals surface area contributed by atoms with Crippen molar-refractivity contribution in [2.45, 2.75) is 31.8 Å². The number of rotatable bonds is 5. The molecule has 1 atom stereocenters. The van der Waals surface area contributed by atoms with Crippen LogP contribution in [-0.2, 0) is 17.8 Å². The van der Waals surface area contributed by atoms with Gasteiger partial charge in [-0.15, -0.1) is 0 Å². The lowest BCUT2D eigenvalue weighted by Gasteiger charge is -2.26. The van der Waals surface area contributed by atoms with Crippen molar-refractivity contribution < 1.29 is 14.4 Å². The summed E-state index contributed by atoms with van der Waals surface area (Å²) in [5.41, 5.74) is 1.65. The average Bonchev–Trinajstić information content (AvgIpc) is 3.43. The maximum atomic E-state index is 13.2. The van der Waals surface area contributed by atoms with E-state index in [1.54, 1.807) is 23.1 Å². The lowest BCUT2D eigenvalue weighted by molar-refractivity contribution is -0.131. The van der Waals surface area contributed by atoms with E-state index in [0.717, 1.165) is 11.8 Å². The molecule has 31 heavy (non-hydrogen) atoms. The van der Waals surface area contributed by atoms with Gasteiger partial charge in [0, 0.05) is 11.9 Å². The van der Waals surface area contributed by atoms with E-state index in [1.807, 2.05) is 30.3 Å². The molecule has 2 aromatic heterocycles. The van der Waals surface area contributed by atoms with Crippen LogP contribution in [0.25, 0.3) is 21.9 Å². The third-order valence-corrected chi connectivity index (χ3v) is 5.86. The Hall–Kier alpha value is -3.52. The van der Waals surface area contributed by atoms with Crippen molar-refractivity contribution in [1.82, 2.24) is 19.6 Å². The minimum Gasteiger partial charge on any atom is -0.395 e. The Labute approximate surface area is 177 Å². The third-order valence-electron chi connectivity index (χ3n) is 5.86. The molecule has 8 nitrogen and oxygen atoms in total. The first-order valence-electron chi connectivity index (χ1n) is 10.4. The molecule has 0 saturated carbocycles. The summed E-state index contributed by atoms with van der Waals surface area (Å²) < 4.78 is 6.84. The van der Waals surface area contributed by atoms with Crippen LogP contribution in [0.4, 0.5) is 0 Å². The highest BCUT2D eigenvalue weighted by atomic mass is 16.5. The van der Waals surface area contributed by atoms with Gasteiger partial charge in [-0.1, -0.05) is 29.4 Å². The van der Waals surface area contributed by atoms with E-state index in [-0.39, 0.29) is 37.1 Å². The van der Waals surface area contributed by atoms with Crippen LogP contribution in [0.5, 0.6) is 0 Å². The fraction of sp³-hybridized carbons (Fsp3) is 0.304. The first-order valence-corrected chi connectivity index (χ1v) is 10.4. The van der Waals surface area contributed by atoms with Crippen molar-refractivity contribution in [2.24, 2.45) is 0 Å². The molecule has 0 bridgehead atoms. The van der Waals surface area contributed by atoms with Gasteiger partial charge in [-0.25, -0.2) is 4.98 Å². The number of aliphatic hydroxyl groups excluding tert-OH is 1. The monoisotopic (exact) mass is 418 g/mol. The van der Waals surface area contributed by atoms with Crippen molar-refractivity contribution in [1.29, 1.82) is 0 Å². The van der Waals surface area contributed by atoms with Gasteiger partial charge in [-0.2, -0.15) is 0 Å². The fourth-order valence-corrected chi connectivity index (χ4v) is 4.40. The summed E-state index contributed by atoms with van der Waals surface area (Å²) in [6.45, 7) is 0.540. The van der Waals surface area contributed by atoms with Gasteiger partial charge in [0.05, 0.1) is 36.5 Å². The standard InChI is InChI=1S/C23H22N4O4/c28-13-12-27-22(24-17-8-3-1-7-16(17)23(27)30)19-9-5-11-26(19)21(29)14-18-15-6-2-4-10-20(15)31-25-18/h1-4,6-8,10,19,28H,5,9,11-14H2. The second-order valence-corrected chi connectivity index (χ2v) is 7.71. The number of hydrogen-bond donors (Lipinski definition) is 1. The molecular weight excluding hydrogens is 396 g/mol. The number of benzene rings is 2. The smallest absolute Gasteiger partial charge is 0.261 e. The second kappa shape index (κ2) is 7.96. The normalized spacial score (nSPS) is 16.4. The SMILES string of the molecule is O=C(Cc1noc2ccccc12)N1CCCC1c1nc2ccccc2c(=O)n1CCO. The summed E-state index contributed by atoms with van der Waals surface area (Å²) in [4.78, 5) is 32.8. The topological polar surface area (TPSA) is 101 Å².